The highest BCUT2D eigenvalue weighted by atomic mass is 79.9. The molecular formula is C12H11BrN2O3S. The molecule has 0 saturated carbocycles. The topological polar surface area (TPSA) is 65.3 Å². The fourth-order valence-corrected chi connectivity index (χ4v) is 2.59. The van der Waals surface area contributed by atoms with Crippen molar-refractivity contribution in [1.29, 1.82) is 0 Å². The molecule has 1 heterocycles. The predicted molar refractivity (Wildman–Crippen MR) is 76.9 cm³/mol. The maximum atomic E-state index is 10.7. The number of nitro groups is 1. The van der Waals surface area contributed by atoms with Gasteiger partial charge in [0.1, 0.15) is 12.4 Å². The van der Waals surface area contributed by atoms with E-state index in [9.17, 15) is 10.1 Å². The molecule has 5 nitrogen and oxygen atoms in total. The van der Waals surface area contributed by atoms with Crippen molar-refractivity contribution >= 4 is 33.0 Å². The first-order valence-corrected chi connectivity index (χ1v) is 7.47. The minimum absolute atomic E-state index is 0.0614. The summed E-state index contributed by atoms with van der Waals surface area (Å²) < 4.78 is 5.65. The number of thiazole rings is 1. The predicted octanol–water partition coefficient (Wildman–Crippen LogP) is 3.83. The van der Waals surface area contributed by atoms with Crippen LogP contribution in [0.1, 0.15) is 16.3 Å². The van der Waals surface area contributed by atoms with Crippen molar-refractivity contribution in [3.63, 3.8) is 0 Å². The van der Waals surface area contributed by atoms with Crippen molar-refractivity contribution in [2.24, 2.45) is 0 Å². The SMILES string of the molecule is Cc1nc(COc2ccc([N+](=O)[O-])cc2CBr)cs1. The summed E-state index contributed by atoms with van der Waals surface area (Å²) in [7, 11) is 0. The van der Waals surface area contributed by atoms with Crippen molar-refractivity contribution < 1.29 is 9.66 Å². The third-order valence-electron chi connectivity index (χ3n) is 2.44. The van der Waals surface area contributed by atoms with Crippen LogP contribution in [0, 0.1) is 17.0 Å². The maximum absolute atomic E-state index is 10.7. The Balaban J connectivity index is 2.13. The van der Waals surface area contributed by atoms with Crippen LogP contribution in [-0.4, -0.2) is 9.91 Å². The lowest BCUT2D eigenvalue weighted by atomic mass is 10.2. The summed E-state index contributed by atoms with van der Waals surface area (Å²) in [6.07, 6.45) is 0. The average molecular weight is 343 g/mol. The molecule has 0 bridgehead atoms. The summed E-state index contributed by atoms with van der Waals surface area (Å²) in [5.74, 6) is 0.633. The first-order valence-electron chi connectivity index (χ1n) is 5.47. The first-order chi connectivity index (χ1) is 9.10. The van der Waals surface area contributed by atoms with Crippen LogP contribution in [-0.2, 0) is 11.9 Å². The highest BCUT2D eigenvalue weighted by Crippen LogP contribution is 2.27. The number of halogens is 1. The molecule has 1 aromatic heterocycles. The molecule has 1 aromatic carbocycles. The van der Waals surface area contributed by atoms with Gasteiger partial charge in [-0.15, -0.1) is 11.3 Å². The third kappa shape index (κ3) is 3.51. The molecule has 0 aliphatic rings. The van der Waals surface area contributed by atoms with Crippen LogP contribution in [0.4, 0.5) is 5.69 Å². The van der Waals surface area contributed by atoms with Gasteiger partial charge in [-0.2, -0.15) is 0 Å². The minimum Gasteiger partial charge on any atom is -0.487 e. The van der Waals surface area contributed by atoms with Crippen LogP contribution in [0.3, 0.4) is 0 Å². The monoisotopic (exact) mass is 342 g/mol. The van der Waals surface area contributed by atoms with Crippen LogP contribution in [0.2, 0.25) is 0 Å². The van der Waals surface area contributed by atoms with Crippen molar-refractivity contribution in [3.05, 3.63) is 50.0 Å². The zero-order valence-electron chi connectivity index (χ0n) is 10.1. The molecule has 2 aromatic rings. The fourth-order valence-electron chi connectivity index (χ4n) is 1.55. The number of aryl methyl sites for hydroxylation is 1. The molecule has 0 unspecified atom stereocenters. The van der Waals surface area contributed by atoms with Gasteiger partial charge in [-0.25, -0.2) is 4.98 Å². The molecule has 2 rings (SSSR count). The smallest absolute Gasteiger partial charge is 0.270 e. The number of nitrogens with zero attached hydrogens (tertiary/aromatic N) is 2. The molecule has 0 radical (unpaired) electrons. The van der Waals surface area contributed by atoms with Crippen molar-refractivity contribution in [1.82, 2.24) is 4.98 Å². The molecule has 7 heteroatoms. The van der Waals surface area contributed by atoms with E-state index < -0.39 is 4.92 Å². The lowest BCUT2D eigenvalue weighted by Crippen LogP contribution is -1.99. The summed E-state index contributed by atoms with van der Waals surface area (Å²) in [6, 6.07) is 4.57. The van der Waals surface area contributed by atoms with Gasteiger partial charge in [-0.3, -0.25) is 10.1 Å². The Kier molecular flexibility index (Phi) is 4.49. The second-order valence-electron chi connectivity index (χ2n) is 3.83. The Bertz CT molecular complexity index is 600. The lowest BCUT2D eigenvalue weighted by molar-refractivity contribution is -0.384. The van der Waals surface area contributed by atoms with E-state index in [1.807, 2.05) is 12.3 Å². The summed E-state index contributed by atoms with van der Waals surface area (Å²) in [6.45, 7) is 2.30. The molecule has 0 atom stereocenters. The van der Waals surface area contributed by atoms with E-state index in [-0.39, 0.29) is 5.69 Å². The molecule has 0 aliphatic heterocycles. The second-order valence-corrected chi connectivity index (χ2v) is 5.45. The molecule has 0 spiro atoms. The van der Waals surface area contributed by atoms with E-state index in [2.05, 4.69) is 20.9 Å². The van der Waals surface area contributed by atoms with Gasteiger partial charge in [0, 0.05) is 28.4 Å². The Morgan fingerprint density at radius 1 is 1.53 bits per heavy atom. The van der Waals surface area contributed by atoms with E-state index in [0.29, 0.717) is 17.7 Å². The van der Waals surface area contributed by atoms with Gasteiger partial charge < -0.3 is 4.74 Å². The molecule has 0 saturated heterocycles. The van der Waals surface area contributed by atoms with Crippen molar-refractivity contribution in [2.45, 2.75) is 18.9 Å². The van der Waals surface area contributed by atoms with E-state index in [0.717, 1.165) is 16.3 Å². The molecule has 0 amide bonds. The number of aromatic nitrogens is 1. The minimum atomic E-state index is -0.417. The van der Waals surface area contributed by atoms with E-state index in [1.54, 1.807) is 17.4 Å². The van der Waals surface area contributed by atoms with Crippen LogP contribution in [0.5, 0.6) is 5.75 Å². The Morgan fingerprint density at radius 3 is 2.89 bits per heavy atom. The largest absolute Gasteiger partial charge is 0.487 e. The number of alkyl halides is 1. The highest BCUT2D eigenvalue weighted by molar-refractivity contribution is 9.08. The van der Waals surface area contributed by atoms with Gasteiger partial charge in [0.25, 0.3) is 5.69 Å². The number of benzene rings is 1. The average Bonchev–Trinajstić information content (AvgIpc) is 2.81. The molecule has 0 fully saturated rings. The Labute approximate surface area is 122 Å². The zero-order valence-corrected chi connectivity index (χ0v) is 12.5. The van der Waals surface area contributed by atoms with E-state index >= 15 is 0 Å². The van der Waals surface area contributed by atoms with E-state index in [1.165, 1.54) is 12.1 Å². The highest BCUT2D eigenvalue weighted by Gasteiger charge is 2.11. The van der Waals surface area contributed by atoms with Crippen LogP contribution in [0.25, 0.3) is 0 Å². The number of ether oxygens (including phenoxy) is 1. The van der Waals surface area contributed by atoms with Gasteiger partial charge in [0.15, 0.2) is 0 Å². The quantitative estimate of drug-likeness (QED) is 0.470. The standard InChI is InChI=1S/C12H11BrN2O3S/c1-8-14-10(7-19-8)6-18-12-3-2-11(15(16)17)4-9(12)5-13/h2-4,7H,5-6H2,1H3. The summed E-state index contributed by atoms with van der Waals surface area (Å²) in [4.78, 5) is 14.6. The van der Waals surface area contributed by atoms with Gasteiger partial charge in [0.2, 0.25) is 0 Å². The molecule has 19 heavy (non-hydrogen) atoms. The normalized spacial score (nSPS) is 10.4. The maximum Gasteiger partial charge on any atom is 0.270 e. The summed E-state index contributed by atoms with van der Waals surface area (Å²) in [5, 5.41) is 14.1. The van der Waals surface area contributed by atoms with Crippen LogP contribution < -0.4 is 4.74 Å². The van der Waals surface area contributed by atoms with Gasteiger partial charge in [-0.05, 0) is 13.0 Å². The van der Waals surface area contributed by atoms with Crippen LogP contribution >= 0.6 is 27.3 Å². The summed E-state index contributed by atoms with van der Waals surface area (Å²) in [5.41, 5.74) is 1.67. The molecule has 100 valence electrons. The number of rotatable bonds is 5. The number of non-ortho nitro benzene ring substituents is 1. The van der Waals surface area contributed by atoms with Crippen molar-refractivity contribution in [2.75, 3.05) is 0 Å². The summed E-state index contributed by atoms with van der Waals surface area (Å²) >= 11 is 4.87. The molecule has 0 aliphatic carbocycles. The van der Waals surface area contributed by atoms with E-state index in [4.69, 9.17) is 4.74 Å². The number of hydrogen-bond donors (Lipinski definition) is 0. The zero-order chi connectivity index (χ0) is 13.8. The number of nitro benzene ring substituents is 1. The first kappa shape index (κ1) is 14.0. The van der Waals surface area contributed by atoms with Gasteiger partial charge >= 0.3 is 0 Å². The van der Waals surface area contributed by atoms with Gasteiger partial charge in [0.05, 0.1) is 15.6 Å². The molecule has 0 N–H and O–H groups in total. The van der Waals surface area contributed by atoms with Crippen molar-refractivity contribution in [3.8, 4) is 5.75 Å². The van der Waals surface area contributed by atoms with Gasteiger partial charge in [-0.1, -0.05) is 15.9 Å². The number of hydrogen-bond acceptors (Lipinski definition) is 5. The third-order valence-corrected chi connectivity index (χ3v) is 3.87. The van der Waals surface area contributed by atoms with Crippen LogP contribution in [0.15, 0.2) is 23.6 Å². The molecular weight excluding hydrogens is 332 g/mol. The fraction of sp³-hybridized carbons (Fsp3) is 0.250. The Morgan fingerprint density at radius 2 is 2.32 bits per heavy atom. The Hall–Kier alpha value is -1.47. The lowest BCUT2D eigenvalue weighted by Gasteiger charge is -2.08. The second kappa shape index (κ2) is 6.12.